The Morgan fingerprint density at radius 2 is 2.18 bits per heavy atom. The zero-order chi connectivity index (χ0) is 12.4. The van der Waals surface area contributed by atoms with Crippen LogP contribution in [-0.4, -0.2) is 9.97 Å². The van der Waals surface area contributed by atoms with E-state index in [4.69, 9.17) is 23.8 Å². The van der Waals surface area contributed by atoms with Crippen molar-refractivity contribution in [2.24, 2.45) is 0 Å². The van der Waals surface area contributed by atoms with E-state index in [9.17, 15) is 0 Å². The van der Waals surface area contributed by atoms with Gasteiger partial charge in [-0.15, -0.1) is 0 Å². The van der Waals surface area contributed by atoms with Crippen LogP contribution in [0.3, 0.4) is 0 Å². The van der Waals surface area contributed by atoms with Gasteiger partial charge in [-0.25, -0.2) is 4.98 Å². The summed E-state index contributed by atoms with van der Waals surface area (Å²) in [7, 11) is 0. The van der Waals surface area contributed by atoms with Crippen molar-refractivity contribution in [2.45, 2.75) is 20.3 Å². The summed E-state index contributed by atoms with van der Waals surface area (Å²) in [6.45, 7) is 4.09. The van der Waals surface area contributed by atoms with Gasteiger partial charge in [-0.05, 0) is 25.5 Å². The minimum absolute atomic E-state index is 0.665. The van der Waals surface area contributed by atoms with E-state index < -0.39 is 0 Å². The summed E-state index contributed by atoms with van der Waals surface area (Å²) in [6.07, 6.45) is 0.893. The van der Waals surface area contributed by atoms with E-state index in [1.54, 1.807) is 0 Å². The van der Waals surface area contributed by atoms with Gasteiger partial charge in [-0.3, -0.25) is 0 Å². The summed E-state index contributed by atoms with van der Waals surface area (Å²) in [5.74, 6) is 0.771. The molecule has 0 amide bonds. The highest BCUT2D eigenvalue weighted by molar-refractivity contribution is 7.71. The molecule has 0 radical (unpaired) electrons. The molecule has 17 heavy (non-hydrogen) atoms. The summed E-state index contributed by atoms with van der Waals surface area (Å²) < 4.78 is 0.665. The average Bonchev–Trinajstić information content (AvgIpc) is 2.28. The summed E-state index contributed by atoms with van der Waals surface area (Å²) in [6, 6.07) is 7.58. The molecule has 0 aliphatic carbocycles. The molecule has 2 rings (SSSR count). The average molecular weight is 265 g/mol. The molecule has 0 saturated carbocycles. The van der Waals surface area contributed by atoms with Crippen molar-refractivity contribution in [1.29, 1.82) is 0 Å². The maximum atomic E-state index is 5.97. The molecule has 0 unspecified atom stereocenters. The zero-order valence-corrected chi connectivity index (χ0v) is 11.3. The summed E-state index contributed by atoms with van der Waals surface area (Å²) >= 11 is 11.3. The van der Waals surface area contributed by atoms with Crippen LogP contribution in [-0.2, 0) is 6.42 Å². The first kappa shape index (κ1) is 12.3. The minimum atomic E-state index is 0.665. The van der Waals surface area contributed by atoms with Crippen molar-refractivity contribution in [3.05, 3.63) is 45.2 Å². The summed E-state index contributed by atoms with van der Waals surface area (Å²) in [5.41, 5.74) is 3.13. The lowest BCUT2D eigenvalue weighted by atomic mass is 10.1. The van der Waals surface area contributed by atoms with Crippen molar-refractivity contribution in [1.82, 2.24) is 9.97 Å². The molecule has 2 aromatic rings. The molecular formula is C13H13ClN2S. The minimum Gasteiger partial charge on any atom is -0.343 e. The fourth-order valence-corrected chi connectivity index (χ4v) is 2.38. The van der Waals surface area contributed by atoms with Crippen molar-refractivity contribution in [3.8, 4) is 11.4 Å². The Balaban J connectivity index is 2.58. The number of aryl methyl sites for hydroxylation is 1. The van der Waals surface area contributed by atoms with Gasteiger partial charge in [0.15, 0.2) is 0 Å². The number of aromatic amines is 1. The number of benzene rings is 1. The lowest BCUT2D eigenvalue weighted by Gasteiger charge is -2.07. The maximum Gasteiger partial charge on any atom is 0.139 e. The van der Waals surface area contributed by atoms with E-state index in [0.717, 1.165) is 29.1 Å². The van der Waals surface area contributed by atoms with E-state index in [1.807, 2.05) is 31.2 Å². The highest BCUT2D eigenvalue weighted by Crippen LogP contribution is 2.20. The molecule has 2 nitrogen and oxygen atoms in total. The Labute approximate surface area is 111 Å². The highest BCUT2D eigenvalue weighted by Gasteiger charge is 2.05. The molecule has 1 N–H and O–H groups in total. The van der Waals surface area contributed by atoms with Crippen LogP contribution in [0, 0.1) is 11.6 Å². The lowest BCUT2D eigenvalue weighted by Crippen LogP contribution is -1.98. The van der Waals surface area contributed by atoms with Crippen LogP contribution in [0.1, 0.15) is 18.2 Å². The van der Waals surface area contributed by atoms with Crippen LogP contribution < -0.4 is 0 Å². The molecule has 1 aromatic carbocycles. The van der Waals surface area contributed by atoms with Crippen molar-refractivity contribution >= 4 is 23.8 Å². The Hall–Kier alpha value is -1.19. The Bertz CT molecular complexity index is 605. The monoisotopic (exact) mass is 264 g/mol. The molecule has 1 heterocycles. The molecule has 0 aliphatic heterocycles. The van der Waals surface area contributed by atoms with Crippen molar-refractivity contribution in [3.63, 3.8) is 0 Å². The van der Waals surface area contributed by atoms with Gasteiger partial charge < -0.3 is 4.98 Å². The van der Waals surface area contributed by atoms with Gasteiger partial charge in [0.1, 0.15) is 10.5 Å². The van der Waals surface area contributed by atoms with Gasteiger partial charge >= 0.3 is 0 Å². The first-order valence-corrected chi connectivity index (χ1v) is 6.26. The molecule has 0 spiro atoms. The largest absolute Gasteiger partial charge is 0.343 e. The molecule has 88 valence electrons. The SMILES string of the molecule is CCc1c(C)[nH]c(-c2cccc(Cl)c2)nc1=S. The molecule has 0 aliphatic rings. The van der Waals surface area contributed by atoms with E-state index in [2.05, 4.69) is 16.9 Å². The second-order valence-corrected chi connectivity index (χ2v) is 4.68. The number of halogens is 1. The molecule has 0 bridgehead atoms. The van der Waals surface area contributed by atoms with Crippen LogP contribution in [0.4, 0.5) is 0 Å². The Morgan fingerprint density at radius 1 is 1.41 bits per heavy atom. The number of nitrogens with zero attached hydrogens (tertiary/aromatic N) is 1. The van der Waals surface area contributed by atoms with E-state index in [1.165, 1.54) is 0 Å². The topological polar surface area (TPSA) is 28.7 Å². The van der Waals surface area contributed by atoms with Gasteiger partial charge in [-0.2, -0.15) is 0 Å². The van der Waals surface area contributed by atoms with Crippen molar-refractivity contribution < 1.29 is 0 Å². The fourth-order valence-electron chi connectivity index (χ4n) is 1.80. The Kier molecular flexibility index (Phi) is 3.60. The van der Waals surface area contributed by atoms with E-state index >= 15 is 0 Å². The third-order valence-corrected chi connectivity index (χ3v) is 3.25. The van der Waals surface area contributed by atoms with Gasteiger partial charge in [0.05, 0.1) is 0 Å². The smallest absolute Gasteiger partial charge is 0.139 e. The Morgan fingerprint density at radius 3 is 2.76 bits per heavy atom. The molecule has 0 fully saturated rings. The first-order valence-electron chi connectivity index (χ1n) is 5.47. The zero-order valence-electron chi connectivity index (χ0n) is 9.75. The van der Waals surface area contributed by atoms with Crippen molar-refractivity contribution in [2.75, 3.05) is 0 Å². The number of aromatic nitrogens is 2. The molecule has 4 heteroatoms. The van der Waals surface area contributed by atoms with E-state index in [-0.39, 0.29) is 0 Å². The first-order chi connectivity index (χ1) is 8.11. The van der Waals surface area contributed by atoms with Crippen LogP contribution in [0.5, 0.6) is 0 Å². The fraction of sp³-hybridized carbons (Fsp3) is 0.231. The summed E-state index contributed by atoms with van der Waals surface area (Å²) in [4.78, 5) is 7.69. The molecular weight excluding hydrogens is 252 g/mol. The quantitative estimate of drug-likeness (QED) is 0.818. The third kappa shape index (κ3) is 2.56. The van der Waals surface area contributed by atoms with E-state index in [0.29, 0.717) is 9.66 Å². The number of H-pyrrole nitrogens is 1. The second-order valence-electron chi connectivity index (χ2n) is 3.86. The standard InChI is InChI=1S/C13H13ClN2S/c1-3-11-8(2)15-12(16-13(11)17)9-5-4-6-10(14)7-9/h4-7H,3H2,1-2H3,(H,15,16,17). The highest BCUT2D eigenvalue weighted by atomic mass is 35.5. The lowest BCUT2D eigenvalue weighted by molar-refractivity contribution is 0.989. The number of nitrogens with one attached hydrogen (secondary N) is 1. The van der Waals surface area contributed by atoms with Crippen LogP contribution in [0.25, 0.3) is 11.4 Å². The van der Waals surface area contributed by atoms with Gasteiger partial charge in [0.2, 0.25) is 0 Å². The normalized spacial score (nSPS) is 10.5. The molecule has 0 saturated heterocycles. The predicted octanol–water partition coefficient (Wildman–Crippen LogP) is 4.33. The summed E-state index contributed by atoms with van der Waals surface area (Å²) in [5, 5.41) is 0.695. The van der Waals surface area contributed by atoms with Gasteiger partial charge in [0.25, 0.3) is 0 Å². The maximum absolute atomic E-state index is 5.97. The second kappa shape index (κ2) is 4.98. The predicted molar refractivity (Wildman–Crippen MR) is 74.0 cm³/mol. The molecule has 1 aromatic heterocycles. The van der Waals surface area contributed by atoms with Crippen LogP contribution in [0.2, 0.25) is 5.02 Å². The van der Waals surface area contributed by atoms with Crippen LogP contribution >= 0.6 is 23.8 Å². The van der Waals surface area contributed by atoms with Gasteiger partial charge in [-0.1, -0.05) is 42.9 Å². The van der Waals surface area contributed by atoms with Gasteiger partial charge in [0, 0.05) is 21.8 Å². The number of hydrogen-bond donors (Lipinski definition) is 1. The molecule has 0 atom stereocenters. The number of rotatable bonds is 2. The number of hydrogen-bond acceptors (Lipinski definition) is 2. The van der Waals surface area contributed by atoms with Crippen LogP contribution in [0.15, 0.2) is 24.3 Å². The third-order valence-electron chi connectivity index (χ3n) is 2.68.